The Hall–Kier alpha value is -4.73. The Bertz CT molecular complexity index is 1530. The SMILES string of the molecule is COC(=O)c1ccc2cc(C(=O)N3CC[C@@H](NC(=O)c4cc(-c5cnn(C)c5)cnc4N)C3)ccc2c1. The third-order valence-electron chi connectivity index (χ3n) is 6.52. The predicted molar refractivity (Wildman–Crippen MR) is 138 cm³/mol. The number of nitrogens with zero attached hydrogens (tertiary/aromatic N) is 4. The van der Waals surface area contributed by atoms with Crippen LogP contribution in [0.15, 0.2) is 61.1 Å². The van der Waals surface area contributed by atoms with Crippen molar-refractivity contribution in [3.8, 4) is 11.1 Å². The van der Waals surface area contributed by atoms with Crippen LogP contribution in [0.5, 0.6) is 0 Å². The van der Waals surface area contributed by atoms with E-state index in [4.69, 9.17) is 10.5 Å². The van der Waals surface area contributed by atoms with Crippen LogP contribution in [0.2, 0.25) is 0 Å². The summed E-state index contributed by atoms with van der Waals surface area (Å²) in [5.41, 5.74) is 8.85. The van der Waals surface area contributed by atoms with Crippen molar-refractivity contribution < 1.29 is 19.1 Å². The summed E-state index contributed by atoms with van der Waals surface area (Å²) >= 11 is 0. The zero-order valence-electron chi connectivity index (χ0n) is 20.5. The lowest BCUT2D eigenvalue weighted by Gasteiger charge is -2.18. The first-order valence-corrected chi connectivity index (χ1v) is 11.8. The van der Waals surface area contributed by atoms with Crippen molar-refractivity contribution in [2.45, 2.75) is 12.5 Å². The predicted octanol–water partition coefficient (Wildman–Crippen LogP) is 2.65. The van der Waals surface area contributed by atoms with Crippen LogP contribution < -0.4 is 11.1 Å². The van der Waals surface area contributed by atoms with Crippen LogP contribution in [0.1, 0.15) is 37.5 Å². The average molecular weight is 499 g/mol. The molecular weight excluding hydrogens is 472 g/mol. The van der Waals surface area contributed by atoms with E-state index in [1.807, 2.05) is 19.3 Å². The maximum Gasteiger partial charge on any atom is 0.337 e. The molecule has 0 radical (unpaired) electrons. The number of carbonyl (C=O) groups excluding carboxylic acids is 3. The molecular formula is C27H26N6O4. The van der Waals surface area contributed by atoms with E-state index in [2.05, 4.69) is 15.4 Å². The van der Waals surface area contributed by atoms with Gasteiger partial charge in [-0.3, -0.25) is 14.3 Å². The van der Waals surface area contributed by atoms with Crippen molar-refractivity contribution in [3.05, 3.63) is 77.7 Å². The first-order valence-electron chi connectivity index (χ1n) is 11.8. The summed E-state index contributed by atoms with van der Waals surface area (Å²) in [6.07, 6.45) is 5.77. The fourth-order valence-electron chi connectivity index (χ4n) is 4.52. The van der Waals surface area contributed by atoms with Crippen molar-refractivity contribution >= 4 is 34.4 Å². The molecule has 0 aliphatic carbocycles. The Morgan fingerprint density at radius 3 is 2.46 bits per heavy atom. The topological polar surface area (TPSA) is 132 Å². The molecule has 1 aliphatic heterocycles. The minimum atomic E-state index is -0.409. The molecule has 0 saturated carbocycles. The lowest BCUT2D eigenvalue weighted by Crippen LogP contribution is -2.38. The van der Waals surface area contributed by atoms with Gasteiger partial charge in [-0.15, -0.1) is 0 Å². The van der Waals surface area contributed by atoms with E-state index in [0.29, 0.717) is 30.6 Å². The monoisotopic (exact) mass is 498 g/mol. The largest absolute Gasteiger partial charge is 0.465 e. The number of hydrogen-bond acceptors (Lipinski definition) is 7. The van der Waals surface area contributed by atoms with Crippen LogP contribution in [-0.4, -0.2) is 63.7 Å². The van der Waals surface area contributed by atoms with E-state index < -0.39 is 5.97 Å². The summed E-state index contributed by atoms with van der Waals surface area (Å²) in [6.45, 7) is 0.909. The Morgan fingerprint density at radius 2 is 1.76 bits per heavy atom. The first kappa shape index (κ1) is 24.0. The second-order valence-electron chi connectivity index (χ2n) is 9.04. The van der Waals surface area contributed by atoms with Crippen LogP contribution in [0.25, 0.3) is 21.9 Å². The van der Waals surface area contributed by atoms with E-state index in [0.717, 1.165) is 21.9 Å². The molecule has 37 heavy (non-hydrogen) atoms. The number of benzene rings is 2. The van der Waals surface area contributed by atoms with Crippen molar-refractivity contribution in [3.63, 3.8) is 0 Å². The number of hydrogen-bond donors (Lipinski definition) is 2. The van der Waals surface area contributed by atoms with E-state index in [9.17, 15) is 14.4 Å². The van der Waals surface area contributed by atoms with Crippen LogP contribution >= 0.6 is 0 Å². The minimum absolute atomic E-state index is 0.115. The Morgan fingerprint density at radius 1 is 1.03 bits per heavy atom. The lowest BCUT2D eigenvalue weighted by atomic mass is 10.0. The van der Waals surface area contributed by atoms with Gasteiger partial charge in [0.05, 0.1) is 24.4 Å². The number of pyridine rings is 1. The standard InChI is InChI=1S/C27H26N6O4/c1-32-14-21(13-30-32)20-11-23(24(28)29-12-20)25(34)31-22-7-8-33(15-22)26(35)18-5-3-17-10-19(27(36)37-2)6-4-16(17)9-18/h3-6,9-14,22H,7-8,15H2,1-2H3,(H2,28,29)(H,31,34)/t22-/m1/s1. The quantitative estimate of drug-likeness (QED) is 0.404. The summed E-state index contributed by atoms with van der Waals surface area (Å²) in [5, 5.41) is 8.83. The molecule has 1 saturated heterocycles. The lowest BCUT2D eigenvalue weighted by molar-refractivity contribution is 0.0600. The van der Waals surface area contributed by atoms with Crippen LogP contribution in [-0.2, 0) is 11.8 Å². The molecule has 2 amide bonds. The number of nitrogens with one attached hydrogen (secondary N) is 1. The number of nitrogen functional groups attached to an aromatic ring is 1. The summed E-state index contributed by atoms with van der Waals surface area (Å²) in [7, 11) is 3.15. The van der Waals surface area contributed by atoms with Gasteiger partial charge in [-0.2, -0.15) is 5.10 Å². The number of methoxy groups -OCH3 is 1. The van der Waals surface area contributed by atoms with E-state index in [1.165, 1.54) is 7.11 Å². The van der Waals surface area contributed by atoms with E-state index >= 15 is 0 Å². The average Bonchev–Trinajstić information content (AvgIpc) is 3.56. The fraction of sp³-hybridized carbons (Fsp3) is 0.222. The smallest absolute Gasteiger partial charge is 0.337 e. The molecule has 5 rings (SSSR count). The fourth-order valence-corrected chi connectivity index (χ4v) is 4.52. The minimum Gasteiger partial charge on any atom is -0.465 e. The Kier molecular flexibility index (Phi) is 6.31. The molecule has 2 aromatic carbocycles. The zero-order valence-corrected chi connectivity index (χ0v) is 20.5. The van der Waals surface area contributed by atoms with Gasteiger partial charge in [-0.1, -0.05) is 12.1 Å². The highest BCUT2D eigenvalue weighted by Gasteiger charge is 2.29. The van der Waals surface area contributed by atoms with Crippen molar-refractivity contribution in [1.82, 2.24) is 25.0 Å². The van der Waals surface area contributed by atoms with Gasteiger partial charge in [-0.25, -0.2) is 9.78 Å². The molecule has 1 aliphatic rings. The number of nitrogens with two attached hydrogens (primary N) is 1. The Labute approximate surface area is 213 Å². The number of esters is 1. The molecule has 0 bridgehead atoms. The highest BCUT2D eigenvalue weighted by Crippen LogP contribution is 2.23. The highest BCUT2D eigenvalue weighted by atomic mass is 16.5. The molecule has 3 heterocycles. The van der Waals surface area contributed by atoms with Crippen LogP contribution in [0.4, 0.5) is 5.82 Å². The number of carbonyl (C=O) groups is 3. The first-order chi connectivity index (χ1) is 17.8. The van der Waals surface area contributed by atoms with Crippen molar-refractivity contribution in [2.24, 2.45) is 7.05 Å². The maximum absolute atomic E-state index is 13.2. The number of rotatable bonds is 5. The molecule has 0 unspecified atom stereocenters. The zero-order chi connectivity index (χ0) is 26.1. The van der Waals surface area contributed by atoms with Gasteiger partial charge in [0, 0.05) is 55.3 Å². The number of amides is 2. The van der Waals surface area contributed by atoms with Gasteiger partial charge < -0.3 is 20.7 Å². The van der Waals surface area contributed by atoms with Gasteiger partial charge >= 0.3 is 5.97 Å². The molecule has 0 spiro atoms. The number of aromatic nitrogens is 3. The summed E-state index contributed by atoms with van der Waals surface area (Å²) in [4.78, 5) is 43.9. The molecule has 10 nitrogen and oxygen atoms in total. The second-order valence-corrected chi connectivity index (χ2v) is 9.04. The number of ether oxygens (including phenoxy) is 1. The van der Waals surface area contributed by atoms with Gasteiger partial charge in [-0.05, 0) is 47.5 Å². The van der Waals surface area contributed by atoms with Crippen LogP contribution in [0, 0.1) is 0 Å². The number of fused-ring (bicyclic) bond motifs is 1. The van der Waals surface area contributed by atoms with E-state index in [1.54, 1.807) is 58.4 Å². The van der Waals surface area contributed by atoms with Crippen molar-refractivity contribution in [2.75, 3.05) is 25.9 Å². The third-order valence-corrected chi connectivity index (χ3v) is 6.52. The van der Waals surface area contributed by atoms with Crippen molar-refractivity contribution in [1.29, 1.82) is 0 Å². The van der Waals surface area contributed by atoms with E-state index in [-0.39, 0.29) is 29.2 Å². The third kappa shape index (κ3) is 4.86. The molecule has 4 aromatic rings. The second kappa shape index (κ2) is 9.73. The molecule has 188 valence electrons. The number of anilines is 1. The summed E-state index contributed by atoms with van der Waals surface area (Å²) in [5.74, 6) is -0.714. The van der Waals surface area contributed by atoms with Gasteiger partial charge in [0.25, 0.3) is 11.8 Å². The van der Waals surface area contributed by atoms with Gasteiger partial charge in [0.1, 0.15) is 5.82 Å². The maximum atomic E-state index is 13.2. The summed E-state index contributed by atoms with van der Waals surface area (Å²) < 4.78 is 6.44. The van der Waals surface area contributed by atoms with Crippen LogP contribution in [0.3, 0.4) is 0 Å². The summed E-state index contributed by atoms with van der Waals surface area (Å²) in [6, 6.07) is 12.1. The number of aryl methyl sites for hydroxylation is 1. The molecule has 3 N–H and O–H groups in total. The number of likely N-dealkylation sites (tertiary alicyclic amines) is 1. The molecule has 1 atom stereocenters. The molecule has 1 fully saturated rings. The Balaban J connectivity index is 1.26. The molecule has 2 aromatic heterocycles. The van der Waals surface area contributed by atoms with Gasteiger partial charge in [0.15, 0.2) is 0 Å². The van der Waals surface area contributed by atoms with Gasteiger partial charge in [0.2, 0.25) is 0 Å². The normalized spacial score (nSPS) is 15.1. The molecule has 10 heteroatoms. The highest BCUT2D eigenvalue weighted by molar-refractivity contribution is 6.01.